The van der Waals surface area contributed by atoms with E-state index in [1.807, 2.05) is 36.4 Å². The van der Waals surface area contributed by atoms with E-state index in [1.165, 1.54) is 5.56 Å². The van der Waals surface area contributed by atoms with E-state index < -0.39 is 0 Å². The van der Waals surface area contributed by atoms with Crippen LogP contribution in [0.1, 0.15) is 5.56 Å². The van der Waals surface area contributed by atoms with E-state index in [1.54, 1.807) is 0 Å². The maximum atomic E-state index is 5.76. The molecule has 4 heteroatoms. The van der Waals surface area contributed by atoms with Gasteiger partial charge < -0.3 is 15.2 Å². The number of hydrogen-bond acceptors (Lipinski definition) is 4. The van der Waals surface area contributed by atoms with Crippen LogP contribution in [-0.4, -0.2) is 18.3 Å². The van der Waals surface area contributed by atoms with Crippen LogP contribution in [0.5, 0.6) is 11.5 Å². The van der Waals surface area contributed by atoms with Crippen molar-refractivity contribution in [3.8, 4) is 22.8 Å². The van der Waals surface area contributed by atoms with Crippen LogP contribution < -0.4 is 15.2 Å². The number of rotatable bonds is 3. The number of benzene rings is 2. The molecule has 0 saturated carbocycles. The molecular weight excluding hydrogens is 276 g/mol. The summed E-state index contributed by atoms with van der Waals surface area (Å²) in [5.41, 5.74) is 9.92. The Hall–Kier alpha value is -2.59. The van der Waals surface area contributed by atoms with Gasteiger partial charge in [-0.25, -0.2) is 4.98 Å². The summed E-state index contributed by atoms with van der Waals surface area (Å²) < 4.78 is 10.8. The van der Waals surface area contributed by atoms with E-state index in [4.69, 9.17) is 20.2 Å². The lowest BCUT2D eigenvalue weighted by atomic mass is 10.0. The van der Waals surface area contributed by atoms with Crippen molar-refractivity contribution in [1.82, 2.24) is 4.98 Å². The summed E-state index contributed by atoms with van der Waals surface area (Å²) >= 11 is 0. The van der Waals surface area contributed by atoms with E-state index in [9.17, 15) is 0 Å². The number of aromatic nitrogens is 1. The molecule has 1 aliphatic rings. The van der Waals surface area contributed by atoms with Crippen molar-refractivity contribution in [2.24, 2.45) is 5.73 Å². The Morgan fingerprint density at radius 2 is 1.86 bits per heavy atom. The molecule has 0 saturated heterocycles. The molecule has 0 spiro atoms. The van der Waals surface area contributed by atoms with Gasteiger partial charge in [-0.3, -0.25) is 0 Å². The summed E-state index contributed by atoms with van der Waals surface area (Å²) in [6, 6.07) is 16.2. The molecule has 3 aromatic rings. The molecule has 2 aromatic carbocycles. The fourth-order valence-electron chi connectivity index (χ4n) is 2.81. The highest BCUT2D eigenvalue weighted by Crippen LogP contribution is 2.36. The van der Waals surface area contributed by atoms with Crippen molar-refractivity contribution in [3.63, 3.8) is 0 Å². The van der Waals surface area contributed by atoms with Crippen molar-refractivity contribution < 1.29 is 9.47 Å². The number of ether oxygens (including phenoxy) is 2. The van der Waals surface area contributed by atoms with Crippen LogP contribution in [0.2, 0.25) is 0 Å². The van der Waals surface area contributed by atoms with Crippen LogP contribution in [0.15, 0.2) is 48.5 Å². The van der Waals surface area contributed by atoms with Gasteiger partial charge in [0.25, 0.3) is 0 Å². The largest absolute Gasteiger partial charge is 0.454 e. The second-order valence-electron chi connectivity index (χ2n) is 5.29. The van der Waals surface area contributed by atoms with Crippen LogP contribution in [0.25, 0.3) is 22.2 Å². The molecular formula is C18H16N2O2. The smallest absolute Gasteiger partial charge is 0.231 e. The average molecular weight is 292 g/mol. The van der Waals surface area contributed by atoms with Crippen LogP contribution in [-0.2, 0) is 6.42 Å². The van der Waals surface area contributed by atoms with Gasteiger partial charge in [0.1, 0.15) is 0 Å². The normalized spacial score (nSPS) is 12.8. The first-order valence-corrected chi connectivity index (χ1v) is 7.34. The van der Waals surface area contributed by atoms with E-state index in [-0.39, 0.29) is 6.79 Å². The predicted molar refractivity (Wildman–Crippen MR) is 86.1 cm³/mol. The Morgan fingerprint density at radius 1 is 1.00 bits per heavy atom. The number of hydrogen-bond donors (Lipinski definition) is 1. The fourth-order valence-corrected chi connectivity index (χ4v) is 2.81. The lowest BCUT2D eigenvalue weighted by Gasteiger charge is -2.09. The van der Waals surface area contributed by atoms with Crippen molar-refractivity contribution in [1.29, 1.82) is 0 Å². The van der Waals surface area contributed by atoms with Gasteiger partial charge in [0.2, 0.25) is 6.79 Å². The second kappa shape index (κ2) is 5.31. The Kier molecular flexibility index (Phi) is 3.16. The topological polar surface area (TPSA) is 57.4 Å². The van der Waals surface area contributed by atoms with Gasteiger partial charge in [-0.1, -0.05) is 18.2 Å². The van der Waals surface area contributed by atoms with Crippen LogP contribution >= 0.6 is 0 Å². The molecule has 4 rings (SSSR count). The number of fused-ring (bicyclic) bond motifs is 2. The van der Waals surface area contributed by atoms with E-state index >= 15 is 0 Å². The van der Waals surface area contributed by atoms with Gasteiger partial charge in [0.15, 0.2) is 11.5 Å². The summed E-state index contributed by atoms with van der Waals surface area (Å²) in [5.74, 6) is 1.56. The van der Waals surface area contributed by atoms with Crippen LogP contribution in [0.3, 0.4) is 0 Å². The first kappa shape index (κ1) is 13.1. The summed E-state index contributed by atoms with van der Waals surface area (Å²) in [6.45, 7) is 0.900. The van der Waals surface area contributed by atoms with E-state index in [0.29, 0.717) is 6.54 Å². The van der Waals surface area contributed by atoms with Gasteiger partial charge in [0, 0.05) is 10.9 Å². The molecule has 1 aliphatic heterocycles. The Bertz CT molecular complexity index is 846. The average Bonchev–Trinajstić information content (AvgIpc) is 3.02. The second-order valence-corrected chi connectivity index (χ2v) is 5.29. The molecule has 110 valence electrons. The van der Waals surface area contributed by atoms with Crippen molar-refractivity contribution in [2.45, 2.75) is 6.42 Å². The lowest BCUT2D eigenvalue weighted by molar-refractivity contribution is 0.174. The monoisotopic (exact) mass is 292 g/mol. The van der Waals surface area contributed by atoms with Crippen molar-refractivity contribution in [2.75, 3.05) is 13.3 Å². The zero-order valence-electron chi connectivity index (χ0n) is 12.1. The van der Waals surface area contributed by atoms with Gasteiger partial charge in [-0.2, -0.15) is 0 Å². The van der Waals surface area contributed by atoms with Crippen molar-refractivity contribution >= 4 is 10.9 Å². The quantitative estimate of drug-likeness (QED) is 0.805. The third-order valence-corrected chi connectivity index (χ3v) is 3.88. The standard InChI is InChI=1S/C18H16N2O2/c19-8-7-12-9-16(20-15-4-2-1-3-14(12)15)13-5-6-17-18(10-13)22-11-21-17/h1-6,9-10H,7-8,11,19H2. The zero-order valence-corrected chi connectivity index (χ0v) is 12.1. The van der Waals surface area contributed by atoms with Gasteiger partial charge in [0.05, 0.1) is 11.2 Å². The molecule has 0 atom stereocenters. The molecule has 4 nitrogen and oxygen atoms in total. The Labute approximate surface area is 128 Å². The van der Waals surface area contributed by atoms with E-state index in [0.717, 1.165) is 40.1 Å². The van der Waals surface area contributed by atoms with Crippen LogP contribution in [0.4, 0.5) is 0 Å². The highest BCUT2D eigenvalue weighted by atomic mass is 16.7. The van der Waals surface area contributed by atoms with Gasteiger partial charge in [-0.15, -0.1) is 0 Å². The third-order valence-electron chi connectivity index (χ3n) is 3.88. The summed E-state index contributed by atoms with van der Waals surface area (Å²) in [5, 5.41) is 1.16. The third kappa shape index (κ3) is 2.18. The number of nitrogens with two attached hydrogens (primary N) is 1. The maximum absolute atomic E-state index is 5.76. The molecule has 1 aromatic heterocycles. The Morgan fingerprint density at radius 3 is 2.77 bits per heavy atom. The first-order valence-electron chi connectivity index (χ1n) is 7.34. The minimum Gasteiger partial charge on any atom is -0.454 e. The molecule has 0 unspecified atom stereocenters. The molecule has 2 heterocycles. The van der Waals surface area contributed by atoms with Crippen LogP contribution in [0, 0.1) is 0 Å². The molecule has 0 aliphatic carbocycles. The van der Waals surface area contributed by atoms with Crippen molar-refractivity contribution in [3.05, 3.63) is 54.1 Å². The van der Waals surface area contributed by atoms with E-state index in [2.05, 4.69) is 12.1 Å². The summed E-state index contributed by atoms with van der Waals surface area (Å²) in [4.78, 5) is 4.78. The number of pyridine rings is 1. The van der Waals surface area contributed by atoms with Gasteiger partial charge in [-0.05, 0) is 48.9 Å². The first-order chi connectivity index (χ1) is 10.8. The fraction of sp³-hybridized carbons (Fsp3) is 0.167. The highest BCUT2D eigenvalue weighted by Gasteiger charge is 2.15. The minimum atomic E-state index is 0.280. The predicted octanol–water partition coefficient (Wildman–Crippen LogP) is 3.13. The summed E-state index contributed by atoms with van der Waals surface area (Å²) in [6.07, 6.45) is 0.834. The molecule has 0 fully saturated rings. The minimum absolute atomic E-state index is 0.280. The van der Waals surface area contributed by atoms with Gasteiger partial charge >= 0.3 is 0 Å². The highest BCUT2D eigenvalue weighted by molar-refractivity contribution is 5.85. The summed E-state index contributed by atoms with van der Waals surface area (Å²) in [7, 11) is 0. The SMILES string of the molecule is NCCc1cc(-c2ccc3c(c2)OCO3)nc2ccccc12. The molecule has 2 N–H and O–H groups in total. The number of nitrogens with zero attached hydrogens (tertiary/aromatic N) is 1. The Balaban J connectivity index is 1.87. The molecule has 0 bridgehead atoms. The molecule has 0 radical (unpaired) electrons. The maximum Gasteiger partial charge on any atom is 0.231 e. The molecule has 22 heavy (non-hydrogen) atoms. The zero-order chi connectivity index (χ0) is 14.9. The molecule has 0 amide bonds. The number of para-hydroxylation sites is 1. The lowest BCUT2D eigenvalue weighted by Crippen LogP contribution is -2.04.